The summed E-state index contributed by atoms with van der Waals surface area (Å²) >= 11 is 1.46. The van der Waals surface area contributed by atoms with Gasteiger partial charge in [0, 0.05) is 18.6 Å². The van der Waals surface area contributed by atoms with Crippen molar-refractivity contribution in [2.75, 3.05) is 0 Å². The van der Waals surface area contributed by atoms with Crippen LogP contribution in [0.5, 0.6) is 0 Å². The van der Waals surface area contributed by atoms with Crippen LogP contribution in [0.4, 0.5) is 0 Å². The highest BCUT2D eigenvalue weighted by molar-refractivity contribution is 7.07. The minimum atomic E-state index is -0.697. The molecule has 4 nitrogen and oxygen atoms in total. The van der Waals surface area contributed by atoms with Crippen LogP contribution in [0.25, 0.3) is 0 Å². The van der Waals surface area contributed by atoms with E-state index in [0.717, 1.165) is 30.5 Å². The van der Waals surface area contributed by atoms with Crippen molar-refractivity contribution in [3.63, 3.8) is 0 Å². The quantitative estimate of drug-likeness (QED) is 0.768. The smallest absolute Gasteiger partial charge is 0.268 e. The van der Waals surface area contributed by atoms with E-state index in [1.165, 1.54) is 11.3 Å². The van der Waals surface area contributed by atoms with Gasteiger partial charge in [0.05, 0.1) is 5.54 Å². The summed E-state index contributed by atoms with van der Waals surface area (Å²) in [7, 11) is 1.88. The summed E-state index contributed by atoms with van der Waals surface area (Å²) in [6, 6.07) is 0. The van der Waals surface area contributed by atoms with Gasteiger partial charge in [-0.3, -0.25) is 4.79 Å². The zero-order valence-corrected chi connectivity index (χ0v) is 9.59. The molecule has 0 aromatic carbocycles. The van der Waals surface area contributed by atoms with Gasteiger partial charge in [-0.1, -0.05) is 12.8 Å². The summed E-state index contributed by atoms with van der Waals surface area (Å²) in [6.45, 7) is 0. The van der Waals surface area contributed by atoms with Crippen LogP contribution in [0.1, 0.15) is 25.7 Å². The molecule has 0 bridgehead atoms. The van der Waals surface area contributed by atoms with Gasteiger partial charge in [0.25, 0.3) is 5.91 Å². The van der Waals surface area contributed by atoms with E-state index in [-0.39, 0.29) is 5.91 Å². The average Bonchev–Trinajstić information content (AvgIpc) is 2.78. The molecule has 82 valence electrons. The Bertz CT molecular complexity index is 426. The highest BCUT2D eigenvalue weighted by Gasteiger charge is 2.36. The maximum Gasteiger partial charge on any atom is 0.268 e. The molecule has 1 saturated carbocycles. The number of aromatic nitrogens is 1. The van der Waals surface area contributed by atoms with E-state index in [1.54, 1.807) is 0 Å². The lowest BCUT2D eigenvalue weighted by molar-refractivity contribution is -0.123. The first-order chi connectivity index (χ1) is 7.12. The third kappa shape index (κ3) is 2.03. The Hall–Kier alpha value is -0.940. The Labute approximate surface area is 92.4 Å². The predicted molar refractivity (Wildman–Crippen MR) is 59.2 cm³/mol. The predicted octanol–water partition coefficient (Wildman–Crippen LogP) is 0.785. The molecule has 2 N–H and O–H groups in total. The van der Waals surface area contributed by atoms with E-state index >= 15 is 0 Å². The van der Waals surface area contributed by atoms with Gasteiger partial charge in [-0.15, -0.1) is 11.3 Å². The molecular formula is C10H15N3OS. The molecular weight excluding hydrogens is 210 g/mol. The first kappa shape index (κ1) is 10.6. The zero-order valence-electron chi connectivity index (χ0n) is 8.77. The average molecular weight is 225 g/mol. The van der Waals surface area contributed by atoms with Crippen LogP contribution in [-0.2, 0) is 11.8 Å². The highest BCUT2D eigenvalue weighted by atomic mass is 32.1. The molecule has 1 fully saturated rings. The monoisotopic (exact) mass is 225 g/mol. The third-order valence-electron chi connectivity index (χ3n) is 2.88. The molecule has 0 radical (unpaired) electrons. The van der Waals surface area contributed by atoms with Gasteiger partial charge in [0.15, 0.2) is 4.80 Å². The van der Waals surface area contributed by atoms with Gasteiger partial charge in [0.1, 0.15) is 0 Å². The lowest BCUT2D eigenvalue weighted by Crippen LogP contribution is -2.45. The van der Waals surface area contributed by atoms with Gasteiger partial charge in [0.2, 0.25) is 0 Å². The molecule has 1 aromatic heterocycles. The molecule has 1 aliphatic rings. The Morgan fingerprint density at radius 3 is 2.80 bits per heavy atom. The van der Waals surface area contributed by atoms with Crippen LogP contribution in [0.15, 0.2) is 16.6 Å². The van der Waals surface area contributed by atoms with Crippen molar-refractivity contribution in [2.24, 2.45) is 17.8 Å². The molecule has 1 amide bonds. The van der Waals surface area contributed by atoms with E-state index in [0.29, 0.717) is 0 Å². The number of nitrogens with zero attached hydrogens (tertiary/aromatic N) is 2. The number of amides is 1. The van der Waals surface area contributed by atoms with E-state index < -0.39 is 5.54 Å². The van der Waals surface area contributed by atoms with Crippen LogP contribution in [-0.4, -0.2) is 16.0 Å². The Morgan fingerprint density at radius 1 is 1.60 bits per heavy atom. The lowest BCUT2D eigenvalue weighted by Gasteiger charge is -2.17. The molecule has 0 saturated heterocycles. The Morgan fingerprint density at radius 2 is 2.27 bits per heavy atom. The summed E-state index contributed by atoms with van der Waals surface area (Å²) in [6.07, 6.45) is 5.49. The van der Waals surface area contributed by atoms with Crippen molar-refractivity contribution < 1.29 is 4.79 Å². The Balaban J connectivity index is 2.27. The molecule has 0 aliphatic heterocycles. The summed E-state index contributed by atoms with van der Waals surface area (Å²) < 4.78 is 1.83. The number of carbonyl (C=O) groups excluding carboxylic acids is 1. The van der Waals surface area contributed by atoms with Crippen LogP contribution in [0.2, 0.25) is 0 Å². The largest absolute Gasteiger partial charge is 0.327 e. The van der Waals surface area contributed by atoms with Gasteiger partial charge in [-0.05, 0) is 12.8 Å². The van der Waals surface area contributed by atoms with Crippen LogP contribution in [0, 0.1) is 0 Å². The SMILES string of the molecule is Cn1ccsc1=NC(=O)C1(N)CCCC1. The van der Waals surface area contributed by atoms with Crippen molar-refractivity contribution in [2.45, 2.75) is 31.2 Å². The van der Waals surface area contributed by atoms with Crippen molar-refractivity contribution in [1.82, 2.24) is 4.57 Å². The zero-order chi connectivity index (χ0) is 10.9. The topological polar surface area (TPSA) is 60.4 Å². The van der Waals surface area contributed by atoms with Crippen molar-refractivity contribution in [1.29, 1.82) is 0 Å². The number of hydrogen-bond acceptors (Lipinski definition) is 3. The molecule has 0 spiro atoms. The number of hydrogen-bond donors (Lipinski definition) is 1. The molecule has 1 aromatic rings. The third-order valence-corrected chi connectivity index (χ3v) is 3.73. The second-order valence-electron chi connectivity index (χ2n) is 4.08. The molecule has 15 heavy (non-hydrogen) atoms. The minimum absolute atomic E-state index is 0.168. The fraction of sp³-hybridized carbons (Fsp3) is 0.600. The molecule has 0 unspecified atom stereocenters. The second-order valence-corrected chi connectivity index (χ2v) is 4.95. The molecule has 5 heteroatoms. The molecule has 1 heterocycles. The molecule has 2 rings (SSSR count). The number of thiazole rings is 1. The van der Waals surface area contributed by atoms with Gasteiger partial charge < -0.3 is 10.3 Å². The normalized spacial score (nSPS) is 20.8. The summed E-state index contributed by atoms with van der Waals surface area (Å²) in [4.78, 5) is 16.7. The van der Waals surface area contributed by atoms with Crippen LogP contribution < -0.4 is 10.5 Å². The van der Waals surface area contributed by atoms with Crippen molar-refractivity contribution in [3.05, 3.63) is 16.4 Å². The maximum atomic E-state index is 11.9. The lowest BCUT2D eigenvalue weighted by atomic mass is 9.99. The van der Waals surface area contributed by atoms with Crippen molar-refractivity contribution in [3.8, 4) is 0 Å². The molecule has 0 atom stereocenters. The second kappa shape index (κ2) is 3.90. The minimum Gasteiger partial charge on any atom is -0.327 e. The highest BCUT2D eigenvalue weighted by Crippen LogP contribution is 2.28. The first-order valence-corrected chi connectivity index (χ1v) is 5.98. The van der Waals surface area contributed by atoms with Crippen LogP contribution in [0.3, 0.4) is 0 Å². The summed E-state index contributed by atoms with van der Waals surface area (Å²) in [5, 5.41) is 1.91. The Kier molecular flexibility index (Phi) is 2.75. The first-order valence-electron chi connectivity index (χ1n) is 5.10. The van der Waals surface area contributed by atoms with Crippen molar-refractivity contribution >= 4 is 17.2 Å². The summed E-state index contributed by atoms with van der Waals surface area (Å²) in [5.41, 5.74) is 5.32. The number of carbonyl (C=O) groups is 1. The van der Waals surface area contributed by atoms with Gasteiger partial charge in [-0.2, -0.15) is 4.99 Å². The maximum absolute atomic E-state index is 11.9. The van der Waals surface area contributed by atoms with E-state index in [2.05, 4.69) is 4.99 Å². The number of nitrogens with two attached hydrogens (primary N) is 1. The van der Waals surface area contributed by atoms with Gasteiger partial charge >= 0.3 is 0 Å². The number of aryl methyl sites for hydroxylation is 1. The molecule has 1 aliphatic carbocycles. The van der Waals surface area contributed by atoms with E-state index in [9.17, 15) is 4.79 Å². The van der Waals surface area contributed by atoms with E-state index in [1.807, 2.05) is 23.2 Å². The fourth-order valence-electron chi connectivity index (χ4n) is 1.85. The van der Waals surface area contributed by atoms with Crippen LogP contribution >= 0.6 is 11.3 Å². The standard InChI is InChI=1S/C10H15N3OS/c1-13-6-7-15-9(13)12-8(14)10(11)4-2-3-5-10/h6-7H,2-5,11H2,1H3. The van der Waals surface area contributed by atoms with Gasteiger partial charge in [-0.25, -0.2) is 0 Å². The number of rotatable bonds is 1. The summed E-state index contributed by atoms with van der Waals surface area (Å²) in [5.74, 6) is -0.168. The van der Waals surface area contributed by atoms with E-state index in [4.69, 9.17) is 5.73 Å². The fourth-order valence-corrected chi connectivity index (χ4v) is 2.58.